The molecule has 0 aliphatic rings. The third-order valence-corrected chi connectivity index (χ3v) is 4.13. The number of anilines is 1. The van der Waals surface area contributed by atoms with Crippen LogP contribution in [0.5, 0.6) is 5.75 Å². The Morgan fingerprint density at radius 2 is 2.16 bits per heavy atom. The maximum Gasteiger partial charge on any atom is 0.203 e. The summed E-state index contributed by atoms with van der Waals surface area (Å²) in [7, 11) is 0. The average Bonchev–Trinajstić information content (AvgIpc) is 2.77. The monoisotopic (exact) mass is 295 g/mol. The molecule has 0 radical (unpaired) electrons. The number of nitrogens with zero attached hydrogens (tertiary/aromatic N) is 2. The zero-order valence-corrected chi connectivity index (χ0v) is 12.4. The van der Waals surface area contributed by atoms with Gasteiger partial charge >= 0.3 is 0 Å². The molecule has 0 saturated heterocycles. The van der Waals surface area contributed by atoms with Crippen molar-refractivity contribution >= 4 is 34.3 Å². The van der Waals surface area contributed by atoms with Crippen LogP contribution >= 0.6 is 22.9 Å². The summed E-state index contributed by atoms with van der Waals surface area (Å²) >= 11 is 7.62. The van der Waals surface area contributed by atoms with E-state index in [-0.39, 0.29) is 5.75 Å². The highest BCUT2D eigenvalue weighted by atomic mass is 35.5. The molecule has 1 aromatic heterocycles. The first-order valence-corrected chi connectivity index (χ1v) is 6.94. The topological polar surface area (TPSA) is 57.5 Å². The van der Waals surface area contributed by atoms with Gasteiger partial charge in [0.1, 0.15) is 5.75 Å². The highest BCUT2D eigenvalue weighted by Crippen LogP contribution is 2.29. The van der Waals surface area contributed by atoms with E-state index >= 15 is 0 Å². The number of aromatic nitrogens is 1. The summed E-state index contributed by atoms with van der Waals surface area (Å²) in [5.41, 5.74) is 6.03. The number of thiazole rings is 1. The number of benzene rings is 1. The molecule has 0 aliphatic heterocycles. The van der Waals surface area contributed by atoms with Crippen LogP contribution < -0.4 is 5.43 Å². The minimum atomic E-state index is 0.167. The van der Waals surface area contributed by atoms with Crippen LogP contribution in [0.1, 0.15) is 22.4 Å². The number of aromatic hydroxyl groups is 1. The molecule has 19 heavy (non-hydrogen) atoms. The highest BCUT2D eigenvalue weighted by Gasteiger charge is 2.09. The third-order valence-electron chi connectivity index (χ3n) is 2.68. The van der Waals surface area contributed by atoms with Crippen molar-refractivity contribution in [2.45, 2.75) is 20.8 Å². The molecule has 0 aliphatic carbocycles. The Kier molecular flexibility index (Phi) is 4.07. The first kappa shape index (κ1) is 13.8. The van der Waals surface area contributed by atoms with Gasteiger partial charge in [0.2, 0.25) is 5.13 Å². The number of hydrogen-bond acceptors (Lipinski definition) is 5. The Balaban J connectivity index is 2.21. The fraction of sp³-hybridized carbons (Fsp3) is 0.231. The Labute approximate surface area is 120 Å². The molecule has 0 amide bonds. The van der Waals surface area contributed by atoms with Gasteiger partial charge in [-0.2, -0.15) is 5.10 Å². The van der Waals surface area contributed by atoms with Crippen molar-refractivity contribution < 1.29 is 5.11 Å². The summed E-state index contributed by atoms with van der Waals surface area (Å²) in [6.45, 7) is 5.62. The molecule has 0 unspecified atom stereocenters. The molecule has 2 aromatic rings. The molecule has 0 spiro atoms. The number of nitrogens with one attached hydrogen (secondary N) is 1. The van der Waals surface area contributed by atoms with Crippen LogP contribution in [0.3, 0.4) is 0 Å². The lowest BCUT2D eigenvalue weighted by Crippen LogP contribution is -1.95. The number of hydrogen-bond donors (Lipinski definition) is 2. The van der Waals surface area contributed by atoms with Gasteiger partial charge < -0.3 is 5.11 Å². The molecular formula is C13H14ClN3OS. The fourth-order valence-electron chi connectivity index (χ4n) is 1.67. The standard InChI is InChI=1S/C13H14ClN3OS/c1-7-4-11(18)10(9(3)12(7)14)5-15-17-13-16-8(2)6-19-13/h4-6,18H,1-3H3,(H,16,17). The van der Waals surface area contributed by atoms with Crippen molar-refractivity contribution in [1.29, 1.82) is 0 Å². The lowest BCUT2D eigenvalue weighted by Gasteiger charge is -2.08. The molecule has 0 bridgehead atoms. The van der Waals surface area contributed by atoms with Gasteiger partial charge in [-0.3, -0.25) is 5.43 Å². The molecule has 2 rings (SSSR count). The van der Waals surface area contributed by atoms with Crippen LogP contribution in [0.15, 0.2) is 16.5 Å². The van der Waals surface area contributed by atoms with E-state index in [4.69, 9.17) is 11.6 Å². The van der Waals surface area contributed by atoms with E-state index < -0.39 is 0 Å². The number of aryl methyl sites for hydroxylation is 2. The predicted molar refractivity (Wildman–Crippen MR) is 80.7 cm³/mol. The molecule has 1 heterocycles. The summed E-state index contributed by atoms with van der Waals surface area (Å²) in [6.07, 6.45) is 1.55. The first-order chi connectivity index (χ1) is 8.99. The Hall–Kier alpha value is -1.59. The van der Waals surface area contributed by atoms with Crippen LogP contribution in [0.2, 0.25) is 5.02 Å². The minimum absolute atomic E-state index is 0.167. The number of hydrazone groups is 1. The number of phenols is 1. The van der Waals surface area contributed by atoms with Crippen LogP contribution in [-0.2, 0) is 0 Å². The summed E-state index contributed by atoms with van der Waals surface area (Å²) in [6, 6.07) is 1.63. The van der Waals surface area contributed by atoms with Gasteiger partial charge in [-0.25, -0.2) is 4.98 Å². The first-order valence-electron chi connectivity index (χ1n) is 5.69. The molecule has 1 aromatic carbocycles. The van der Waals surface area contributed by atoms with Crippen molar-refractivity contribution in [3.63, 3.8) is 0 Å². The summed E-state index contributed by atoms with van der Waals surface area (Å²) < 4.78 is 0. The van der Waals surface area contributed by atoms with Gasteiger partial charge in [0, 0.05) is 16.0 Å². The largest absolute Gasteiger partial charge is 0.507 e. The second kappa shape index (κ2) is 5.59. The van der Waals surface area contributed by atoms with Crippen molar-refractivity contribution in [2.24, 2.45) is 5.10 Å². The average molecular weight is 296 g/mol. The van der Waals surface area contributed by atoms with Crippen LogP contribution in [-0.4, -0.2) is 16.3 Å². The second-order valence-corrected chi connectivity index (χ2v) is 5.47. The Bertz CT molecular complexity index is 637. The molecule has 4 nitrogen and oxygen atoms in total. The molecule has 0 atom stereocenters. The summed E-state index contributed by atoms with van der Waals surface area (Å²) in [4.78, 5) is 4.22. The second-order valence-electron chi connectivity index (χ2n) is 4.23. The predicted octanol–water partition coefficient (Wildman–Crippen LogP) is 3.87. The van der Waals surface area contributed by atoms with Crippen molar-refractivity contribution in [3.05, 3.63) is 38.9 Å². The molecule has 2 N–H and O–H groups in total. The maximum absolute atomic E-state index is 9.91. The van der Waals surface area contributed by atoms with E-state index in [1.54, 1.807) is 12.3 Å². The van der Waals surface area contributed by atoms with Gasteiger partial charge in [-0.1, -0.05) is 11.6 Å². The lowest BCUT2D eigenvalue weighted by atomic mass is 10.1. The lowest BCUT2D eigenvalue weighted by molar-refractivity contribution is 0.473. The molecular weight excluding hydrogens is 282 g/mol. The molecule has 0 saturated carbocycles. The van der Waals surface area contributed by atoms with Gasteiger partial charge in [-0.05, 0) is 38.0 Å². The van der Waals surface area contributed by atoms with Gasteiger partial charge in [0.15, 0.2) is 0 Å². The maximum atomic E-state index is 9.91. The van der Waals surface area contributed by atoms with E-state index in [0.717, 1.165) is 16.8 Å². The SMILES string of the molecule is Cc1csc(NN=Cc2c(O)cc(C)c(Cl)c2C)n1. The van der Waals surface area contributed by atoms with Crippen LogP contribution in [0, 0.1) is 20.8 Å². The van der Waals surface area contributed by atoms with Crippen molar-refractivity contribution in [3.8, 4) is 5.75 Å². The van der Waals surface area contributed by atoms with Crippen LogP contribution in [0.4, 0.5) is 5.13 Å². The zero-order chi connectivity index (χ0) is 14.0. The highest BCUT2D eigenvalue weighted by molar-refractivity contribution is 7.13. The Morgan fingerprint density at radius 3 is 2.79 bits per heavy atom. The molecule has 6 heteroatoms. The quantitative estimate of drug-likeness (QED) is 0.667. The van der Waals surface area contributed by atoms with E-state index in [0.29, 0.717) is 15.7 Å². The van der Waals surface area contributed by atoms with E-state index in [1.807, 2.05) is 26.2 Å². The van der Waals surface area contributed by atoms with Crippen molar-refractivity contribution in [1.82, 2.24) is 4.98 Å². The molecule has 100 valence electrons. The minimum Gasteiger partial charge on any atom is -0.507 e. The fourth-order valence-corrected chi connectivity index (χ4v) is 2.47. The van der Waals surface area contributed by atoms with E-state index in [9.17, 15) is 5.11 Å². The summed E-state index contributed by atoms with van der Waals surface area (Å²) in [5, 5.41) is 17.3. The number of halogens is 1. The van der Waals surface area contributed by atoms with Crippen molar-refractivity contribution in [2.75, 3.05) is 5.43 Å². The third kappa shape index (κ3) is 3.05. The zero-order valence-electron chi connectivity index (χ0n) is 10.9. The smallest absolute Gasteiger partial charge is 0.203 e. The van der Waals surface area contributed by atoms with Crippen LogP contribution in [0.25, 0.3) is 0 Å². The van der Waals surface area contributed by atoms with E-state index in [1.165, 1.54) is 11.3 Å². The van der Waals surface area contributed by atoms with Gasteiger partial charge in [-0.15, -0.1) is 11.3 Å². The van der Waals surface area contributed by atoms with E-state index in [2.05, 4.69) is 15.5 Å². The Morgan fingerprint density at radius 1 is 1.42 bits per heavy atom. The number of rotatable bonds is 3. The normalized spacial score (nSPS) is 11.2. The number of phenolic OH excluding ortho intramolecular Hbond substituents is 1. The van der Waals surface area contributed by atoms with Gasteiger partial charge in [0.25, 0.3) is 0 Å². The molecule has 0 fully saturated rings. The summed E-state index contributed by atoms with van der Waals surface area (Å²) in [5.74, 6) is 0.167. The van der Waals surface area contributed by atoms with Gasteiger partial charge in [0.05, 0.1) is 11.9 Å².